The number of ether oxygens (including phenoxy) is 1. The molecule has 0 spiro atoms. The van der Waals surface area contributed by atoms with Crippen LogP contribution in [0.2, 0.25) is 0 Å². The zero-order valence-electron chi connectivity index (χ0n) is 12.9. The summed E-state index contributed by atoms with van der Waals surface area (Å²) >= 11 is 0. The molecule has 0 fully saturated rings. The molecule has 0 saturated carbocycles. The van der Waals surface area contributed by atoms with Crippen LogP contribution in [0.3, 0.4) is 0 Å². The molecule has 1 N–H and O–H groups in total. The molecule has 122 valence electrons. The molecular formula is C18H15FN2O3. The third kappa shape index (κ3) is 3.12. The van der Waals surface area contributed by atoms with Crippen LogP contribution in [0.15, 0.2) is 54.7 Å². The maximum absolute atomic E-state index is 13.2. The van der Waals surface area contributed by atoms with Gasteiger partial charge in [0.2, 0.25) is 0 Å². The first-order valence-electron chi connectivity index (χ1n) is 7.40. The number of hydrogen-bond acceptors (Lipinski definition) is 3. The Morgan fingerprint density at radius 3 is 2.67 bits per heavy atom. The minimum atomic E-state index is -1.13. The molecule has 3 aromatic rings. The normalized spacial score (nSPS) is 10.6. The summed E-state index contributed by atoms with van der Waals surface area (Å²) in [5, 5.41) is 9.24. The molecule has 1 aromatic heterocycles. The van der Waals surface area contributed by atoms with Crippen LogP contribution in [0.1, 0.15) is 17.4 Å². The van der Waals surface area contributed by atoms with Gasteiger partial charge in [0.05, 0.1) is 12.3 Å². The lowest BCUT2D eigenvalue weighted by Gasteiger charge is -2.10. The Kier molecular flexibility index (Phi) is 4.29. The highest BCUT2D eigenvalue weighted by Gasteiger charge is 2.16. The lowest BCUT2D eigenvalue weighted by atomic mass is 10.2. The molecule has 0 saturated heterocycles. The third-order valence-electron chi connectivity index (χ3n) is 3.43. The van der Waals surface area contributed by atoms with Crippen LogP contribution in [0.25, 0.3) is 17.1 Å². The van der Waals surface area contributed by atoms with E-state index in [4.69, 9.17) is 4.74 Å². The summed E-state index contributed by atoms with van der Waals surface area (Å²) in [6.07, 6.45) is 1.44. The van der Waals surface area contributed by atoms with Crippen molar-refractivity contribution in [2.75, 3.05) is 6.61 Å². The molecule has 0 unspecified atom stereocenters. The van der Waals surface area contributed by atoms with Gasteiger partial charge in [-0.25, -0.2) is 14.2 Å². The van der Waals surface area contributed by atoms with Crippen LogP contribution in [-0.4, -0.2) is 27.2 Å². The van der Waals surface area contributed by atoms with Crippen molar-refractivity contribution in [3.8, 4) is 22.8 Å². The number of carbonyl (C=O) groups is 1. The molecule has 5 nitrogen and oxygen atoms in total. The van der Waals surface area contributed by atoms with E-state index >= 15 is 0 Å². The second-order valence-electron chi connectivity index (χ2n) is 5.06. The van der Waals surface area contributed by atoms with E-state index in [-0.39, 0.29) is 11.5 Å². The van der Waals surface area contributed by atoms with Crippen LogP contribution in [0.5, 0.6) is 5.75 Å². The van der Waals surface area contributed by atoms with E-state index < -0.39 is 5.97 Å². The van der Waals surface area contributed by atoms with E-state index in [1.807, 2.05) is 25.1 Å². The second kappa shape index (κ2) is 6.54. The Balaban J connectivity index is 2.14. The molecule has 0 aliphatic rings. The van der Waals surface area contributed by atoms with Crippen molar-refractivity contribution in [2.24, 2.45) is 0 Å². The van der Waals surface area contributed by atoms with E-state index in [0.29, 0.717) is 29.4 Å². The zero-order chi connectivity index (χ0) is 17.1. The average molecular weight is 326 g/mol. The predicted octanol–water partition coefficient (Wildman–Crippen LogP) is 3.78. The van der Waals surface area contributed by atoms with Gasteiger partial charge in [-0.05, 0) is 43.3 Å². The maximum Gasteiger partial charge on any atom is 0.356 e. The van der Waals surface area contributed by atoms with E-state index in [1.165, 1.54) is 18.3 Å². The first-order valence-corrected chi connectivity index (χ1v) is 7.40. The number of rotatable bonds is 5. The number of carboxylic acids is 1. The van der Waals surface area contributed by atoms with Gasteiger partial charge in [-0.15, -0.1) is 0 Å². The number of imidazole rings is 1. The monoisotopic (exact) mass is 326 g/mol. The highest BCUT2D eigenvalue weighted by Crippen LogP contribution is 2.25. The number of nitrogens with zero attached hydrogens (tertiary/aromatic N) is 2. The van der Waals surface area contributed by atoms with Gasteiger partial charge in [-0.1, -0.05) is 6.07 Å². The molecule has 0 radical (unpaired) electrons. The van der Waals surface area contributed by atoms with Gasteiger partial charge in [-0.2, -0.15) is 0 Å². The van der Waals surface area contributed by atoms with E-state index in [2.05, 4.69) is 4.98 Å². The number of aromatic carboxylic acids is 1. The lowest BCUT2D eigenvalue weighted by Crippen LogP contribution is -1.98. The molecule has 3 rings (SSSR count). The quantitative estimate of drug-likeness (QED) is 0.775. The topological polar surface area (TPSA) is 64.3 Å². The van der Waals surface area contributed by atoms with Crippen molar-refractivity contribution in [1.82, 2.24) is 9.55 Å². The number of carboxylic acid groups (broad SMARTS) is 1. The van der Waals surface area contributed by atoms with Crippen LogP contribution >= 0.6 is 0 Å². The van der Waals surface area contributed by atoms with Crippen molar-refractivity contribution >= 4 is 5.97 Å². The number of halogens is 1. The molecule has 6 heteroatoms. The van der Waals surface area contributed by atoms with E-state index in [1.54, 1.807) is 22.8 Å². The van der Waals surface area contributed by atoms with Crippen molar-refractivity contribution in [2.45, 2.75) is 6.92 Å². The minimum absolute atomic E-state index is 0.0869. The van der Waals surface area contributed by atoms with E-state index in [0.717, 1.165) is 0 Å². The van der Waals surface area contributed by atoms with E-state index in [9.17, 15) is 14.3 Å². The highest BCUT2D eigenvalue weighted by atomic mass is 19.1. The molecule has 1 heterocycles. The summed E-state index contributed by atoms with van der Waals surface area (Å²) < 4.78 is 20.3. The highest BCUT2D eigenvalue weighted by molar-refractivity contribution is 5.86. The lowest BCUT2D eigenvalue weighted by molar-refractivity contribution is 0.0691. The Morgan fingerprint density at radius 2 is 2.00 bits per heavy atom. The Bertz CT molecular complexity index is 872. The van der Waals surface area contributed by atoms with Crippen LogP contribution in [0, 0.1) is 5.82 Å². The molecule has 0 amide bonds. The number of benzene rings is 2. The van der Waals surface area contributed by atoms with Gasteiger partial charge in [0.15, 0.2) is 5.69 Å². The van der Waals surface area contributed by atoms with Crippen molar-refractivity contribution in [3.05, 3.63) is 66.2 Å². The zero-order valence-corrected chi connectivity index (χ0v) is 12.9. The summed E-state index contributed by atoms with van der Waals surface area (Å²) in [6, 6.07) is 13.0. The third-order valence-corrected chi connectivity index (χ3v) is 3.43. The maximum atomic E-state index is 13.2. The Morgan fingerprint density at radius 1 is 1.25 bits per heavy atom. The van der Waals surface area contributed by atoms with Crippen LogP contribution < -0.4 is 4.74 Å². The molecule has 0 aliphatic heterocycles. The summed E-state index contributed by atoms with van der Waals surface area (Å²) in [7, 11) is 0. The molecule has 0 bridgehead atoms. The summed E-state index contributed by atoms with van der Waals surface area (Å²) in [5.74, 6) is -0.404. The van der Waals surface area contributed by atoms with Gasteiger partial charge in [0.1, 0.15) is 17.4 Å². The fourth-order valence-corrected chi connectivity index (χ4v) is 2.37. The van der Waals surface area contributed by atoms with Crippen molar-refractivity contribution in [1.29, 1.82) is 0 Å². The first-order chi connectivity index (χ1) is 11.6. The van der Waals surface area contributed by atoms with Gasteiger partial charge < -0.3 is 9.84 Å². The fourth-order valence-electron chi connectivity index (χ4n) is 2.37. The van der Waals surface area contributed by atoms with Crippen molar-refractivity contribution in [3.63, 3.8) is 0 Å². The Hall–Kier alpha value is -3.15. The standard InChI is InChI=1S/C18H15FN2O3/c1-2-24-15-5-3-4-14(10-15)21-11-16(18(22)23)20-17(21)12-6-8-13(19)9-7-12/h3-11H,2H2,1H3,(H,22,23). The van der Waals surface area contributed by atoms with Gasteiger partial charge in [0.25, 0.3) is 0 Å². The average Bonchev–Trinajstić information content (AvgIpc) is 3.02. The minimum Gasteiger partial charge on any atom is -0.494 e. The largest absolute Gasteiger partial charge is 0.494 e. The second-order valence-corrected chi connectivity index (χ2v) is 5.06. The van der Waals surface area contributed by atoms with Gasteiger partial charge in [0, 0.05) is 17.8 Å². The fraction of sp³-hybridized carbons (Fsp3) is 0.111. The number of hydrogen-bond donors (Lipinski definition) is 1. The van der Waals surface area contributed by atoms with Crippen molar-refractivity contribution < 1.29 is 19.0 Å². The Labute approximate surface area is 138 Å². The molecule has 0 atom stereocenters. The predicted molar refractivity (Wildman–Crippen MR) is 87.1 cm³/mol. The van der Waals surface area contributed by atoms with Gasteiger partial charge >= 0.3 is 5.97 Å². The smallest absolute Gasteiger partial charge is 0.356 e. The molecule has 0 aliphatic carbocycles. The molecule has 2 aromatic carbocycles. The van der Waals surface area contributed by atoms with Gasteiger partial charge in [-0.3, -0.25) is 4.57 Å². The first kappa shape index (κ1) is 15.7. The number of aromatic nitrogens is 2. The SMILES string of the molecule is CCOc1cccc(-n2cc(C(=O)O)nc2-c2ccc(F)cc2)c1. The summed E-state index contributed by atoms with van der Waals surface area (Å²) in [4.78, 5) is 15.5. The summed E-state index contributed by atoms with van der Waals surface area (Å²) in [6.45, 7) is 2.41. The van der Waals surface area contributed by atoms with Crippen LogP contribution in [0.4, 0.5) is 4.39 Å². The summed E-state index contributed by atoms with van der Waals surface area (Å²) in [5.41, 5.74) is 1.24. The molecular weight excluding hydrogens is 311 g/mol. The molecule has 24 heavy (non-hydrogen) atoms. The van der Waals surface area contributed by atoms with Crippen LogP contribution in [-0.2, 0) is 0 Å².